The highest BCUT2D eigenvalue weighted by Gasteiger charge is 2.21. The van der Waals surface area contributed by atoms with Crippen molar-refractivity contribution in [2.24, 2.45) is 0 Å². The van der Waals surface area contributed by atoms with Crippen molar-refractivity contribution in [1.29, 1.82) is 0 Å². The molecule has 0 fully saturated rings. The molecule has 1 aromatic carbocycles. The van der Waals surface area contributed by atoms with Gasteiger partial charge in [-0.2, -0.15) is 0 Å². The standard InChI is InChI=1S/C17H11F3N4O/c18-8-5-10(19)15(11(20)6-8)16-21-3-2-13(24-16)14-7-9-12(23-14)1-4-22-17(9)25/h2-3,5-7,23H,1,4H2,(H,22,25). The van der Waals surface area contributed by atoms with Crippen molar-refractivity contribution in [2.45, 2.75) is 6.42 Å². The Morgan fingerprint density at radius 3 is 2.56 bits per heavy atom. The second-order valence-electron chi connectivity index (χ2n) is 5.59. The molecule has 3 aromatic rings. The average Bonchev–Trinajstić information content (AvgIpc) is 3.00. The quantitative estimate of drug-likeness (QED) is 0.751. The van der Waals surface area contributed by atoms with E-state index in [2.05, 4.69) is 20.3 Å². The largest absolute Gasteiger partial charge is 0.356 e. The van der Waals surface area contributed by atoms with Crippen LogP contribution in [0.15, 0.2) is 30.5 Å². The molecule has 4 rings (SSSR count). The molecule has 2 aromatic heterocycles. The number of carbonyl (C=O) groups excluding carboxylic acids is 1. The number of H-pyrrole nitrogens is 1. The lowest BCUT2D eigenvalue weighted by Crippen LogP contribution is -2.31. The number of nitrogens with one attached hydrogen (secondary N) is 2. The minimum atomic E-state index is -1.08. The number of amides is 1. The summed E-state index contributed by atoms with van der Waals surface area (Å²) < 4.78 is 41.0. The van der Waals surface area contributed by atoms with Crippen molar-refractivity contribution in [3.8, 4) is 22.8 Å². The van der Waals surface area contributed by atoms with Crippen LogP contribution in [0.1, 0.15) is 16.1 Å². The zero-order valence-electron chi connectivity index (χ0n) is 12.7. The average molecular weight is 344 g/mol. The van der Waals surface area contributed by atoms with Crippen molar-refractivity contribution in [1.82, 2.24) is 20.3 Å². The fourth-order valence-corrected chi connectivity index (χ4v) is 2.82. The van der Waals surface area contributed by atoms with Gasteiger partial charge in [-0.15, -0.1) is 0 Å². The zero-order valence-corrected chi connectivity index (χ0v) is 12.7. The number of carbonyl (C=O) groups is 1. The summed E-state index contributed by atoms with van der Waals surface area (Å²) in [6, 6.07) is 4.34. The number of halogens is 3. The van der Waals surface area contributed by atoms with Crippen molar-refractivity contribution in [2.75, 3.05) is 6.54 Å². The number of nitrogens with zero attached hydrogens (tertiary/aromatic N) is 2. The Morgan fingerprint density at radius 2 is 1.84 bits per heavy atom. The number of aromatic amines is 1. The summed E-state index contributed by atoms with van der Waals surface area (Å²) in [5.41, 5.74) is 1.69. The van der Waals surface area contributed by atoms with Crippen LogP contribution in [-0.4, -0.2) is 27.4 Å². The topological polar surface area (TPSA) is 70.7 Å². The molecule has 0 saturated heterocycles. The van der Waals surface area contributed by atoms with E-state index in [1.165, 1.54) is 6.20 Å². The molecule has 25 heavy (non-hydrogen) atoms. The highest BCUT2D eigenvalue weighted by atomic mass is 19.1. The summed E-state index contributed by atoms with van der Waals surface area (Å²) in [7, 11) is 0. The van der Waals surface area contributed by atoms with Crippen LogP contribution in [0.25, 0.3) is 22.8 Å². The molecule has 1 aliphatic rings. The molecule has 0 unspecified atom stereocenters. The van der Waals surface area contributed by atoms with Crippen LogP contribution in [0.5, 0.6) is 0 Å². The Kier molecular flexibility index (Phi) is 3.52. The van der Waals surface area contributed by atoms with Crippen LogP contribution >= 0.6 is 0 Å². The SMILES string of the molecule is O=C1NCCc2[nH]c(-c3ccnc(-c4c(F)cc(F)cc4F)n3)cc21. The van der Waals surface area contributed by atoms with E-state index >= 15 is 0 Å². The third-order valence-electron chi connectivity index (χ3n) is 3.97. The van der Waals surface area contributed by atoms with Crippen molar-refractivity contribution in [3.63, 3.8) is 0 Å². The number of fused-ring (bicyclic) bond motifs is 1. The zero-order chi connectivity index (χ0) is 17.6. The first-order valence-corrected chi connectivity index (χ1v) is 7.51. The molecule has 0 saturated carbocycles. The van der Waals surface area contributed by atoms with Crippen LogP contribution in [0.4, 0.5) is 13.2 Å². The molecule has 0 aliphatic carbocycles. The summed E-state index contributed by atoms with van der Waals surface area (Å²) in [5, 5.41) is 2.73. The Bertz CT molecular complexity index is 976. The van der Waals surface area contributed by atoms with Crippen LogP contribution in [0.3, 0.4) is 0 Å². The van der Waals surface area contributed by atoms with Gasteiger partial charge in [0.25, 0.3) is 5.91 Å². The van der Waals surface area contributed by atoms with E-state index in [0.29, 0.717) is 42.0 Å². The van der Waals surface area contributed by atoms with Gasteiger partial charge in [-0.25, -0.2) is 23.1 Å². The summed E-state index contributed by atoms with van der Waals surface area (Å²) in [4.78, 5) is 23.0. The predicted octanol–water partition coefficient (Wildman–Crippen LogP) is 2.84. The van der Waals surface area contributed by atoms with Gasteiger partial charge < -0.3 is 10.3 Å². The molecule has 0 spiro atoms. The van der Waals surface area contributed by atoms with Crippen LogP contribution in [0.2, 0.25) is 0 Å². The lowest BCUT2D eigenvalue weighted by molar-refractivity contribution is 0.0946. The Hall–Kier alpha value is -3.16. The molecule has 0 bridgehead atoms. The van der Waals surface area contributed by atoms with Crippen molar-refractivity contribution >= 4 is 5.91 Å². The Labute approximate surface area is 139 Å². The molecular weight excluding hydrogens is 333 g/mol. The minimum Gasteiger partial charge on any atom is -0.356 e. The Morgan fingerprint density at radius 1 is 1.08 bits per heavy atom. The minimum absolute atomic E-state index is 0.186. The highest BCUT2D eigenvalue weighted by Crippen LogP contribution is 2.27. The summed E-state index contributed by atoms with van der Waals surface area (Å²) in [5.74, 6) is -3.57. The molecular formula is C17H11F3N4O. The van der Waals surface area contributed by atoms with E-state index in [9.17, 15) is 18.0 Å². The Balaban J connectivity index is 1.80. The molecule has 1 amide bonds. The third-order valence-corrected chi connectivity index (χ3v) is 3.97. The number of hydrogen-bond acceptors (Lipinski definition) is 3. The third kappa shape index (κ3) is 2.65. The second kappa shape index (κ2) is 5.73. The van der Waals surface area contributed by atoms with Crippen molar-refractivity contribution in [3.05, 3.63) is 59.2 Å². The smallest absolute Gasteiger partial charge is 0.253 e. The highest BCUT2D eigenvalue weighted by molar-refractivity contribution is 5.97. The van der Waals surface area contributed by atoms with Gasteiger partial charge in [-0.05, 0) is 12.1 Å². The molecule has 3 heterocycles. The molecule has 0 atom stereocenters. The van der Waals surface area contributed by atoms with Crippen LogP contribution in [-0.2, 0) is 6.42 Å². The van der Waals surface area contributed by atoms with Gasteiger partial charge in [0.2, 0.25) is 0 Å². The molecule has 1 aliphatic heterocycles. The normalized spacial score (nSPS) is 13.5. The molecule has 126 valence electrons. The second-order valence-corrected chi connectivity index (χ2v) is 5.59. The first-order chi connectivity index (χ1) is 12.0. The molecule has 8 heteroatoms. The number of benzene rings is 1. The van der Waals surface area contributed by atoms with Gasteiger partial charge in [-0.1, -0.05) is 0 Å². The number of rotatable bonds is 2. The van der Waals surface area contributed by atoms with Gasteiger partial charge in [0.15, 0.2) is 5.82 Å². The molecule has 5 nitrogen and oxygen atoms in total. The fourth-order valence-electron chi connectivity index (χ4n) is 2.82. The number of aromatic nitrogens is 3. The van der Waals surface area contributed by atoms with E-state index in [0.717, 1.165) is 5.69 Å². The molecule has 0 radical (unpaired) electrons. The van der Waals surface area contributed by atoms with Gasteiger partial charge in [0, 0.05) is 37.0 Å². The molecule has 2 N–H and O–H groups in total. The maximum atomic E-state index is 13.9. The van der Waals surface area contributed by atoms with E-state index in [-0.39, 0.29) is 11.7 Å². The van der Waals surface area contributed by atoms with E-state index in [4.69, 9.17) is 0 Å². The van der Waals surface area contributed by atoms with E-state index in [1.807, 2.05) is 0 Å². The van der Waals surface area contributed by atoms with Crippen LogP contribution < -0.4 is 5.32 Å². The van der Waals surface area contributed by atoms with E-state index < -0.39 is 23.0 Å². The van der Waals surface area contributed by atoms with Crippen LogP contribution in [0, 0.1) is 17.5 Å². The lowest BCUT2D eigenvalue weighted by Gasteiger charge is -2.10. The van der Waals surface area contributed by atoms with Gasteiger partial charge in [0.1, 0.15) is 17.5 Å². The first-order valence-electron chi connectivity index (χ1n) is 7.51. The predicted molar refractivity (Wildman–Crippen MR) is 83.2 cm³/mol. The lowest BCUT2D eigenvalue weighted by atomic mass is 10.1. The maximum absolute atomic E-state index is 13.9. The maximum Gasteiger partial charge on any atom is 0.253 e. The fraction of sp³-hybridized carbons (Fsp3) is 0.118. The van der Waals surface area contributed by atoms with Gasteiger partial charge >= 0.3 is 0 Å². The van der Waals surface area contributed by atoms with E-state index in [1.54, 1.807) is 12.1 Å². The monoisotopic (exact) mass is 344 g/mol. The summed E-state index contributed by atoms with van der Waals surface area (Å²) in [6.07, 6.45) is 2.00. The summed E-state index contributed by atoms with van der Waals surface area (Å²) in [6.45, 7) is 0.535. The number of hydrogen-bond donors (Lipinski definition) is 2. The first kappa shape index (κ1) is 15.4. The van der Waals surface area contributed by atoms with Gasteiger partial charge in [0.05, 0.1) is 22.5 Å². The van der Waals surface area contributed by atoms with Crippen molar-refractivity contribution < 1.29 is 18.0 Å². The summed E-state index contributed by atoms with van der Waals surface area (Å²) >= 11 is 0. The van der Waals surface area contributed by atoms with Gasteiger partial charge in [-0.3, -0.25) is 4.79 Å².